The number of hydrazine groups is 1. The van der Waals surface area contributed by atoms with Gasteiger partial charge in [0.1, 0.15) is 11.5 Å². The highest BCUT2D eigenvalue weighted by Gasteiger charge is 2.22. The monoisotopic (exact) mass is 323 g/mol. The van der Waals surface area contributed by atoms with Crippen LogP contribution in [0.1, 0.15) is 23.7 Å². The molecule has 23 heavy (non-hydrogen) atoms. The smallest absolute Gasteiger partial charge is 0.338 e. The van der Waals surface area contributed by atoms with Crippen molar-refractivity contribution < 1.29 is 23.8 Å². The topological polar surface area (TPSA) is 97.9 Å². The number of carbonyl (C=O) groups is 2. The largest absolute Gasteiger partial charge is 0.497 e. The Morgan fingerprint density at radius 2 is 1.83 bits per heavy atom. The van der Waals surface area contributed by atoms with Gasteiger partial charge in [-0.3, -0.25) is 10.2 Å². The van der Waals surface area contributed by atoms with Gasteiger partial charge in [0.2, 0.25) is 0 Å². The first-order valence-electron chi connectivity index (χ1n) is 7.22. The number of methoxy groups -OCH3 is 2. The zero-order valence-corrected chi connectivity index (χ0v) is 13.3. The first-order chi connectivity index (χ1) is 11.0. The number of esters is 1. The highest BCUT2D eigenvalue weighted by atomic mass is 16.5. The van der Waals surface area contributed by atoms with Gasteiger partial charge in [-0.15, -0.1) is 0 Å². The van der Waals surface area contributed by atoms with Gasteiger partial charge in [-0.25, -0.2) is 10.2 Å². The van der Waals surface area contributed by atoms with Crippen molar-refractivity contribution in [3.63, 3.8) is 0 Å². The number of carbonyl (C=O) groups excluding carboxylic acids is 2. The molecule has 1 amide bonds. The zero-order chi connectivity index (χ0) is 16.8. The highest BCUT2D eigenvalue weighted by molar-refractivity contribution is 5.92. The Bertz CT molecular complexity index is 556. The molecule has 0 radical (unpaired) electrons. The second-order valence-electron chi connectivity index (χ2n) is 5.22. The van der Waals surface area contributed by atoms with Crippen LogP contribution >= 0.6 is 0 Å². The van der Waals surface area contributed by atoms with E-state index in [1.54, 1.807) is 6.07 Å². The summed E-state index contributed by atoms with van der Waals surface area (Å²) in [7, 11) is 2.97. The number of rotatable bonds is 6. The molecule has 1 aromatic carbocycles. The summed E-state index contributed by atoms with van der Waals surface area (Å²) in [5, 5.41) is 2.72. The van der Waals surface area contributed by atoms with Gasteiger partial charge in [0, 0.05) is 12.1 Å². The second-order valence-corrected chi connectivity index (χ2v) is 5.22. The number of ether oxygens (including phenoxy) is 3. The summed E-state index contributed by atoms with van der Waals surface area (Å²) >= 11 is 0. The molecule has 2 rings (SSSR count). The fraction of sp³-hybridized carbons (Fsp3) is 0.467. The average molecular weight is 323 g/mol. The number of benzene rings is 1. The molecule has 2 unspecified atom stereocenters. The molecule has 1 saturated heterocycles. The molecular weight excluding hydrogens is 302 g/mol. The molecule has 1 heterocycles. The molecule has 1 aliphatic heterocycles. The minimum Gasteiger partial charge on any atom is -0.497 e. The van der Waals surface area contributed by atoms with Crippen molar-refractivity contribution in [1.82, 2.24) is 16.2 Å². The first kappa shape index (κ1) is 17.0. The lowest BCUT2D eigenvalue weighted by molar-refractivity contribution is -0.125. The molecule has 0 aromatic heterocycles. The van der Waals surface area contributed by atoms with Gasteiger partial charge in [-0.2, -0.15) is 0 Å². The summed E-state index contributed by atoms with van der Waals surface area (Å²) in [5.41, 5.74) is 6.17. The molecule has 1 fully saturated rings. The van der Waals surface area contributed by atoms with Crippen molar-refractivity contribution in [3.8, 4) is 11.5 Å². The van der Waals surface area contributed by atoms with Gasteiger partial charge in [-0.1, -0.05) is 0 Å². The SMILES string of the molecule is COc1cc(OC)cc(C(=O)OCC(=O)NC2CC(C)NN2)c1. The van der Waals surface area contributed by atoms with Gasteiger partial charge in [0.25, 0.3) is 5.91 Å². The van der Waals surface area contributed by atoms with Crippen molar-refractivity contribution in [2.45, 2.75) is 25.6 Å². The molecule has 8 heteroatoms. The van der Waals surface area contributed by atoms with Gasteiger partial charge in [-0.05, 0) is 25.5 Å². The maximum absolute atomic E-state index is 12.0. The molecule has 126 valence electrons. The maximum atomic E-state index is 12.0. The van der Waals surface area contributed by atoms with Crippen LogP contribution in [0.2, 0.25) is 0 Å². The van der Waals surface area contributed by atoms with E-state index in [-0.39, 0.29) is 30.3 Å². The Labute approximate surface area is 134 Å². The number of hydrogen-bond donors (Lipinski definition) is 3. The minimum absolute atomic E-state index is 0.173. The quantitative estimate of drug-likeness (QED) is 0.643. The third-order valence-corrected chi connectivity index (χ3v) is 3.35. The predicted octanol–water partition coefficient (Wildman–Crippen LogP) is 0.189. The summed E-state index contributed by atoms with van der Waals surface area (Å²) in [6, 6.07) is 4.95. The van der Waals surface area contributed by atoms with E-state index in [4.69, 9.17) is 14.2 Å². The summed E-state index contributed by atoms with van der Waals surface area (Å²) in [6.45, 7) is 1.64. The maximum Gasteiger partial charge on any atom is 0.338 e. The van der Waals surface area contributed by atoms with Crippen molar-refractivity contribution in [2.75, 3.05) is 20.8 Å². The van der Waals surface area contributed by atoms with Crippen molar-refractivity contribution >= 4 is 11.9 Å². The van der Waals surface area contributed by atoms with Crippen LogP contribution in [-0.4, -0.2) is 44.9 Å². The molecular formula is C15H21N3O5. The van der Waals surface area contributed by atoms with Crippen LogP contribution in [-0.2, 0) is 9.53 Å². The van der Waals surface area contributed by atoms with E-state index in [1.165, 1.54) is 26.4 Å². The van der Waals surface area contributed by atoms with Gasteiger partial charge >= 0.3 is 5.97 Å². The van der Waals surface area contributed by atoms with Gasteiger partial charge in [0.15, 0.2) is 6.61 Å². The fourth-order valence-corrected chi connectivity index (χ4v) is 2.18. The van der Waals surface area contributed by atoms with E-state index in [9.17, 15) is 9.59 Å². The van der Waals surface area contributed by atoms with Crippen molar-refractivity contribution in [1.29, 1.82) is 0 Å². The number of nitrogens with one attached hydrogen (secondary N) is 3. The fourth-order valence-electron chi connectivity index (χ4n) is 2.18. The minimum atomic E-state index is -0.622. The van der Waals surface area contributed by atoms with Crippen LogP contribution in [0.15, 0.2) is 18.2 Å². The summed E-state index contributed by atoms with van der Waals surface area (Å²) in [5.74, 6) is -0.0585. The van der Waals surface area contributed by atoms with E-state index < -0.39 is 5.97 Å². The third-order valence-electron chi connectivity index (χ3n) is 3.35. The van der Waals surface area contributed by atoms with E-state index >= 15 is 0 Å². The Morgan fingerprint density at radius 1 is 1.17 bits per heavy atom. The first-order valence-corrected chi connectivity index (χ1v) is 7.22. The average Bonchev–Trinajstić information content (AvgIpc) is 2.96. The van der Waals surface area contributed by atoms with Crippen LogP contribution in [0.25, 0.3) is 0 Å². The standard InChI is InChI=1S/C15H21N3O5/c1-9-4-13(18-17-9)16-14(19)8-23-15(20)10-5-11(21-2)7-12(6-10)22-3/h5-7,9,13,17-18H,4,8H2,1-3H3,(H,16,19). The molecule has 0 aliphatic carbocycles. The Hall–Kier alpha value is -2.32. The summed E-state index contributed by atoms with van der Waals surface area (Å²) < 4.78 is 15.2. The lowest BCUT2D eigenvalue weighted by atomic mass is 10.2. The van der Waals surface area contributed by atoms with Crippen LogP contribution in [0.5, 0.6) is 11.5 Å². The Morgan fingerprint density at radius 3 is 2.35 bits per heavy atom. The lowest BCUT2D eigenvalue weighted by Gasteiger charge is -2.12. The lowest BCUT2D eigenvalue weighted by Crippen LogP contribution is -2.45. The molecule has 0 bridgehead atoms. The van der Waals surface area contributed by atoms with Gasteiger partial charge < -0.3 is 19.5 Å². The molecule has 3 N–H and O–H groups in total. The Kier molecular flexibility index (Phi) is 5.78. The second kappa shape index (κ2) is 7.80. The van der Waals surface area contributed by atoms with E-state index in [0.717, 1.165) is 6.42 Å². The van der Waals surface area contributed by atoms with Gasteiger partial charge in [0.05, 0.1) is 25.9 Å². The van der Waals surface area contributed by atoms with E-state index in [2.05, 4.69) is 16.2 Å². The van der Waals surface area contributed by atoms with Crippen LogP contribution in [0.3, 0.4) is 0 Å². The number of amides is 1. The van der Waals surface area contributed by atoms with Crippen LogP contribution < -0.4 is 25.6 Å². The molecule has 0 spiro atoms. The van der Waals surface area contributed by atoms with Crippen molar-refractivity contribution in [2.24, 2.45) is 0 Å². The molecule has 8 nitrogen and oxygen atoms in total. The van der Waals surface area contributed by atoms with E-state index in [0.29, 0.717) is 11.5 Å². The van der Waals surface area contributed by atoms with Crippen LogP contribution in [0, 0.1) is 0 Å². The molecule has 2 atom stereocenters. The summed E-state index contributed by atoms with van der Waals surface area (Å²) in [6.07, 6.45) is 0.584. The predicted molar refractivity (Wildman–Crippen MR) is 82.1 cm³/mol. The highest BCUT2D eigenvalue weighted by Crippen LogP contribution is 2.22. The molecule has 1 aromatic rings. The Balaban J connectivity index is 1.87. The van der Waals surface area contributed by atoms with Crippen LogP contribution in [0.4, 0.5) is 0 Å². The molecule has 0 saturated carbocycles. The van der Waals surface area contributed by atoms with Crippen molar-refractivity contribution in [3.05, 3.63) is 23.8 Å². The third kappa shape index (κ3) is 4.83. The van der Waals surface area contributed by atoms with E-state index in [1.807, 2.05) is 6.92 Å². The molecule has 1 aliphatic rings. The summed E-state index contributed by atoms with van der Waals surface area (Å²) in [4.78, 5) is 23.8. The zero-order valence-electron chi connectivity index (χ0n) is 13.3. The number of hydrogen-bond acceptors (Lipinski definition) is 7. The normalized spacial score (nSPS) is 20.0.